The number of carbonyl (C=O) groups is 1. The Morgan fingerprint density at radius 1 is 1.14 bits per heavy atom. The largest absolute Gasteiger partial charge is 0.490 e. The number of pyridine rings is 2. The number of nitrogens with two attached hydrogens (primary N) is 1. The van der Waals surface area contributed by atoms with Gasteiger partial charge in [-0.3, -0.25) is 0 Å². The molecule has 3 heterocycles. The highest BCUT2D eigenvalue weighted by molar-refractivity contribution is 5.73. The fourth-order valence-electron chi connectivity index (χ4n) is 2.77. The Hall–Kier alpha value is -4.14. The van der Waals surface area contributed by atoms with Gasteiger partial charge in [0.15, 0.2) is 0 Å². The van der Waals surface area contributed by atoms with E-state index in [2.05, 4.69) is 15.1 Å². The number of rotatable bonds is 6. The smallest absolute Gasteiger partial charge is 0.475 e. The number of carboxylic acid groups (broad SMARTS) is 1. The molecule has 0 atom stereocenters. The number of aryl methyl sites for hydroxylation is 1. The molecule has 194 valence electrons. The number of carboxylic acids is 1. The Bertz CT molecular complexity index is 1290. The maximum absolute atomic E-state index is 12.8. The summed E-state index contributed by atoms with van der Waals surface area (Å²) in [5.74, 6) is -1.54. The highest BCUT2D eigenvalue weighted by Gasteiger charge is 2.38. The summed E-state index contributed by atoms with van der Waals surface area (Å²) in [5.41, 5.74) is 6.85. The molecule has 3 rings (SSSR count). The number of nitrogens with zero attached hydrogens (tertiary/aromatic N) is 6. The van der Waals surface area contributed by atoms with Crippen LogP contribution in [0.1, 0.15) is 5.56 Å². The molecule has 0 saturated heterocycles. The molecule has 3 aromatic rings. The van der Waals surface area contributed by atoms with Crippen LogP contribution in [-0.2, 0) is 11.3 Å². The van der Waals surface area contributed by atoms with E-state index in [1.807, 2.05) is 44.1 Å². The minimum atomic E-state index is -5.08. The Kier molecular flexibility index (Phi) is 9.00. The van der Waals surface area contributed by atoms with Crippen molar-refractivity contribution in [2.45, 2.75) is 19.6 Å². The van der Waals surface area contributed by atoms with Gasteiger partial charge in [0.2, 0.25) is 0 Å². The van der Waals surface area contributed by atoms with Crippen molar-refractivity contribution < 1.29 is 31.9 Å². The average Bonchev–Trinajstić information content (AvgIpc) is 3.16. The van der Waals surface area contributed by atoms with Crippen LogP contribution < -0.4 is 16.3 Å². The fourth-order valence-corrected chi connectivity index (χ4v) is 2.77. The lowest BCUT2D eigenvalue weighted by Crippen LogP contribution is -2.27. The normalized spacial score (nSPS) is 10.9. The molecule has 0 aliphatic rings. The molecule has 3 N–H and O–H groups in total. The molecule has 0 aromatic carbocycles. The lowest BCUT2D eigenvalue weighted by Gasteiger charge is -2.12. The van der Waals surface area contributed by atoms with Crippen LogP contribution in [0.5, 0.6) is 0 Å². The van der Waals surface area contributed by atoms with E-state index in [0.717, 1.165) is 27.2 Å². The maximum Gasteiger partial charge on any atom is 0.490 e. The lowest BCUT2D eigenvalue weighted by molar-refractivity contribution is -0.192. The molecule has 15 heteroatoms. The van der Waals surface area contributed by atoms with Gasteiger partial charge in [0.25, 0.3) is 6.08 Å². The zero-order valence-electron chi connectivity index (χ0n) is 19.3. The number of aromatic nitrogens is 5. The Morgan fingerprint density at radius 3 is 2.19 bits per heavy atom. The highest BCUT2D eigenvalue weighted by atomic mass is 19.4. The molecular formula is C21H22F5N7O3. The van der Waals surface area contributed by atoms with Crippen LogP contribution in [-0.4, -0.2) is 62.2 Å². The molecule has 3 aromatic heterocycles. The van der Waals surface area contributed by atoms with Crippen LogP contribution in [0.25, 0.3) is 16.9 Å². The first-order valence-corrected chi connectivity index (χ1v) is 10.0. The zero-order valence-corrected chi connectivity index (χ0v) is 19.3. The Morgan fingerprint density at radius 2 is 1.75 bits per heavy atom. The SMILES string of the molecule is Cc1cc(-c2ccc(N(C)C)nc2)cnc1-n1cnn(CC(CN)=C(F)F)c1=O.O=C(O)C(F)(F)F. The molecule has 0 unspecified atom stereocenters. The standard InChI is InChI=1S/C19H21F2N7O.C2HF3O2/c1-12-6-14(13-4-5-16(23-8-13)26(2)3)9-24-18(12)27-11-25-28(19(27)29)10-15(7-22)17(20)21;3-2(4,5)1(6)7/h4-6,8-9,11H,7,10,22H2,1-3H3;(H,6,7). The summed E-state index contributed by atoms with van der Waals surface area (Å²) >= 11 is 0. The van der Waals surface area contributed by atoms with Crippen LogP contribution in [0.4, 0.5) is 27.8 Å². The molecule has 0 amide bonds. The predicted molar refractivity (Wildman–Crippen MR) is 120 cm³/mol. The first kappa shape index (κ1) is 28.1. The minimum Gasteiger partial charge on any atom is -0.475 e. The fraction of sp³-hybridized carbons (Fsp3) is 0.286. The topological polar surface area (TPSA) is 132 Å². The molecule has 0 aliphatic heterocycles. The van der Waals surface area contributed by atoms with Gasteiger partial charge in [-0.15, -0.1) is 0 Å². The number of hydrogen-bond acceptors (Lipinski definition) is 7. The second-order valence-electron chi connectivity index (χ2n) is 7.48. The minimum absolute atomic E-state index is 0.342. The van der Waals surface area contributed by atoms with Crippen molar-refractivity contribution >= 4 is 11.8 Å². The van der Waals surface area contributed by atoms with E-state index in [9.17, 15) is 26.7 Å². The number of alkyl halides is 3. The van der Waals surface area contributed by atoms with E-state index in [0.29, 0.717) is 5.82 Å². The van der Waals surface area contributed by atoms with Crippen molar-refractivity contribution in [3.8, 4) is 16.9 Å². The van der Waals surface area contributed by atoms with Gasteiger partial charge >= 0.3 is 17.8 Å². The van der Waals surface area contributed by atoms with Gasteiger partial charge in [0.1, 0.15) is 18.0 Å². The van der Waals surface area contributed by atoms with E-state index in [1.54, 1.807) is 12.4 Å². The second kappa shape index (κ2) is 11.5. The van der Waals surface area contributed by atoms with Crippen molar-refractivity contribution in [2.24, 2.45) is 5.73 Å². The monoisotopic (exact) mass is 515 g/mol. The van der Waals surface area contributed by atoms with Crippen molar-refractivity contribution in [2.75, 3.05) is 25.5 Å². The maximum atomic E-state index is 12.8. The first-order chi connectivity index (χ1) is 16.8. The summed E-state index contributed by atoms with van der Waals surface area (Å²) in [6.07, 6.45) is -2.34. The van der Waals surface area contributed by atoms with E-state index in [-0.39, 0.29) is 18.7 Å². The number of aliphatic carboxylic acids is 1. The third kappa shape index (κ3) is 6.94. The Labute approximate surface area is 201 Å². The highest BCUT2D eigenvalue weighted by Crippen LogP contribution is 2.22. The molecular weight excluding hydrogens is 493 g/mol. The van der Waals surface area contributed by atoms with Gasteiger partial charge in [0, 0.05) is 49.7 Å². The summed E-state index contributed by atoms with van der Waals surface area (Å²) in [4.78, 5) is 32.1. The molecule has 0 spiro atoms. The third-order valence-corrected chi connectivity index (χ3v) is 4.65. The molecule has 10 nitrogen and oxygen atoms in total. The van der Waals surface area contributed by atoms with Crippen molar-refractivity contribution in [1.29, 1.82) is 0 Å². The number of anilines is 1. The van der Waals surface area contributed by atoms with Crippen LogP contribution in [0.2, 0.25) is 0 Å². The molecule has 0 fully saturated rings. The van der Waals surface area contributed by atoms with Crippen LogP contribution >= 0.6 is 0 Å². The first-order valence-electron chi connectivity index (χ1n) is 10.0. The lowest BCUT2D eigenvalue weighted by atomic mass is 10.1. The summed E-state index contributed by atoms with van der Waals surface area (Å²) in [6.45, 7) is 1.09. The Balaban J connectivity index is 0.000000572. The average molecular weight is 515 g/mol. The molecule has 0 saturated carbocycles. The summed E-state index contributed by atoms with van der Waals surface area (Å²) in [5, 5.41) is 11.0. The van der Waals surface area contributed by atoms with Gasteiger partial charge in [-0.2, -0.15) is 27.1 Å². The van der Waals surface area contributed by atoms with Gasteiger partial charge in [-0.1, -0.05) is 0 Å². The van der Waals surface area contributed by atoms with Crippen molar-refractivity contribution in [1.82, 2.24) is 24.3 Å². The summed E-state index contributed by atoms with van der Waals surface area (Å²) < 4.78 is 59.5. The number of hydrogen-bond donors (Lipinski definition) is 2. The molecule has 36 heavy (non-hydrogen) atoms. The second-order valence-corrected chi connectivity index (χ2v) is 7.48. The van der Waals surface area contributed by atoms with Crippen LogP contribution in [0.3, 0.4) is 0 Å². The summed E-state index contributed by atoms with van der Waals surface area (Å²) in [7, 11) is 3.82. The van der Waals surface area contributed by atoms with Crippen molar-refractivity contribution in [3.63, 3.8) is 0 Å². The summed E-state index contributed by atoms with van der Waals surface area (Å²) in [6, 6.07) is 5.72. The molecule has 0 radical (unpaired) electrons. The van der Waals surface area contributed by atoms with Crippen molar-refractivity contribution in [3.05, 3.63) is 64.6 Å². The van der Waals surface area contributed by atoms with Gasteiger partial charge in [-0.25, -0.2) is 28.8 Å². The number of halogens is 5. The van der Waals surface area contributed by atoms with E-state index < -0.39 is 23.9 Å². The van der Waals surface area contributed by atoms with E-state index in [1.165, 1.54) is 10.9 Å². The van der Waals surface area contributed by atoms with E-state index >= 15 is 0 Å². The quantitative estimate of drug-likeness (QED) is 0.479. The third-order valence-electron chi connectivity index (χ3n) is 4.65. The van der Waals surface area contributed by atoms with Crippen LogP contribution in [0, 0.1) is 6.92 Å². The molecule has 0 aliphatic carbocycles. The molecule has 0 bridgehead atoms. The van der Waals surface area contributed by atoms with E-state index in [4.69, 9.17) is 15.6 Å². The van der Waals surface area contributed by atoms with Gasteiger partial charge < -0.3 is 15.7 Å². The van der Waals surface area contributed by atoms with Gasteiger partial charge in [0.05, 0.1) is 6.54 Å². The predicted octanol–water partition coefficient (Wildman–Crippen LogP) is 2.61. The van der Waals surface area contributed by atoms with Crippen LogP contribution in [0.15, 0.2) is 53.4 Å². The zero-order chi connectivity index (χ0) is 27.2. The van der Waals surface area contributed by atoms with Gasteiger partial charge in [-0.05, 0) is 30.7 Å².